The SMILES string of the molecule is C=CC1CC(OC)C2CCC2CN2CC(c3ccc(Cl)c(F)c3CCC)CSc3ccc(cc32)C(=O)NS(=O)C(C)[C@H]1C. The van der Waals surface area contributed by atoms with Crippen molar-refractivity contribution < 1.29 is 18.1 Å². The van der Waals surface area contributed by atoms with Gasteiger partial charge in [0.05, 0.1) is 22.1 Å². The molecule has 1 aliphatic carbocycles. The molecule has 9 heteroatoms. The second-order valence-corrected chi connectivity index (χ2v) is 15.5. The largest absolute Gasteiger partial charge is 0.381 e. The number of anilines is 1. The Balaban J connectivity index is 1.56. The van der Waals surface area contributed by atoms with Crippen LogP contribution in [0.2, 0.25) is 5.02 Å². The number of benzene rings is 2. The Hall–Kier alpha value is -1.87. The number of amides is 1. The number of carbonyl (C=O) groups excluding carboxylic acids is 1. The molecule has 2 bridgehead atoms. The van der Waals surface area contributed by atoms with E-state index >= 15 is 4.39 Å². The number of hydrogen-bond donors (Lipinski definition) is 1. The maximum absolute atomic E-state index is 15.3. The summed E-state index contributed by atoms with van der Waals surface area (Å²) >= 11 is 7.98. The molecule has 0 saturated heterocycles. The first kappa shape index (κ1) is 32.5. The lowest BCUT2D eigenvalue weighted by molar-refractivity contribution is -0.0294. The van der Waals surface area contributed by atoms with E-state index in [1.165, 1.54) is 0 Å². The molecule has 1 N–H and O–H groups in total. The van der Waals surface area contributed by atoms with Crippen LogP contribution in [-0.4, -0.2) is 47.4 Å². The normalized spacial score (nSPS) is 31.5. The standard InChI is InChI=1S/C34H44ClFN2O3S2/c1-6-8-28-26(12-13-29(35)33(28)36)25-18-38-17-24-9-11-27(24)31(41-5)16-22(7-2)20(3)21(4)43(40)37-34(39)23-10-14-32(42-19-25)30(38)15-23/h7,10,12-15,20-22,24-25,27,31H,2,6,8-9,11,16-19H2,1,3-5H3,(H,37,39)/t20-,21?,22?,24?,25?,27?,31?,43?/m1/s1. The highest BCUT2D eigenvalue weighted by Gasteiger charge is 2.41. The van der Waals surface area contributed by atoms with Crippen LogP contribution in [0.5, 0.6) is 0 Å². The third kappa shape index (κ3) is 6.73. The molecule has 7 unspecified atom stereocenters. The quantitative estimate of drug-likeness (QED) is 0.336. The molecule has 2 aromatic rings. The third-order valence-corrected chi connectivity index (χ3v) is 13.1. The Morgan fingerprint density at radius 1 is 1.23 bits per heavy atom. The zero-order chi connectivity index (χ0) is 30.8. The van der Waals surface area contributed by atoms with Gasteiger partial charge in [-0.15, -0.1) is 18.3 Å². The van der Waals surface area contributed by atoms with Gasteiger partial charge < -0.3 is 9.64 Å². The van der Waals surface area contributed by atoms with Gasteiger partial charge >= 0.3 is 0 Å². The fourth-order valence-corrected chi connectivity index (χ4v) is 9.53. The van der Waals surface area contributed by atoms with Gasteiger partial charge in [-0.1, -0.05) is 44.0 Å². The summed E-state index contributed by atoms with van der Waals surface area (Å²) < 4.78 is 37.6. The average Bonchev–Trinajstić information content (AvgIpc) is 3.17. The molecule has 3 aliphatic rings. The smallest absolute Gasteiger partial charge is 0.263 e. The summed E-state index contributed by atoms with van der Waals surface area (Å²) in [6.45, 7) is 11.7. The monoisotopic (exact) mass is 646 g/mol. The lowest BCUT2D eigenvalue weighted by atomic mass is 9.68. The van der Waals surface area contributed by atoms with E-state index in [-0.39, 0.29) is 45.9 Å². The predicted molar refractivity (Wildman–Crippen MR) is 177 cm³/mol. The Labute approximate surface area is 267 Å². The summed E-state index contributed by atoms with van der Waals surface area (Å²) in [6.07, 6.45) is 6.51. The molecule has 1 saturated carbocycles. The number of hydrogen-bond acceptors (Lipinski definition) is 5. The Bertz CT molecular complexity index is 1370. The van der Waals surface area contributed by atoms with E-state index in [0.717, 1.165) is 54.1 Å². The summed E-state index contributed by atoms with van der Waals surface area (Å²) in [4.78, 5) is 16.9. The molecule has 1 amide bonds. The second kappa shape index (κ2) is 14.1. The lowest BCUT2D eigenvalue weighted by Crippen LogP contribution is -2.46. The van der Waals surface area contributed by atoms with E-state index in [2.05, 4.69) is 30.0 Å². The molecule has 234 valence electrons. The first-order chi connectivity index (χ1) is 20.7. The van der Waals surface area contributed by atoms with E-state index in [0.29, 0.717) is 35.9 Å². The zero-order valence-corrected chi connectivity index (χ0v) is 28.0. The second-order valence-electron chi connectivity index (χ2n) is 12.5. The van der Waals surface area contributed by atoms with Gasteiger partial charge in [0, 0.05) is 42.3 Å². The van der Waals surface area contributed by atoms with Crippen LogP contribution in [0.1, 0.15) is 73.9 Å². The van der Waals surface area contributed by atoms with Crippen LogP contribution in [-0.2, 0) is 22.1 Å². The van der Waals surface area contributed by atoms with Gasteiger partial charge in [-0.3, -0.25) is 9.52 Å². The minimum absolute atomic E-state index is 0.0502. The predicted octanol–water partition coefficient (Wildman–Crippen LogP) is 7.79. The van der Waals surface area contributed by atoms with Crippen LogP contribution in [0, 0.1) is 29.5 Å². The first-order valence-corrected chi connectivity index (χ1v) is 18.1. The van der Waals surface area contributed by atoms with Crippen molar-refractivity contribution in [2.45, 2.75) is 75.0 Å². The van der Waals surface area contributed by atoms with Gasteiger partial charge in [0.1, 0.15) is 16.8 Å². The first-order valence-electron chi connectivity index (χ1n) is 15.5. The molecule has 0 spiro atoms. The molecule has 5 nitrogen and oxygen atoms in total. The maximum Gasteiger partial charge on any atom is 0.263 e. The van der Waals surface area contributed by atoms with Crippen LogP contribution in [0.15, 0.2) is 47.9 Å². The molecule has 2 aliphatic heterocycles. The number of thioether (sulfide) groups is 1. The molecule has 2 aromatic carbocycles. The van der Waals surface area contributed by atoms with E-state index < -0.39 is 11.0 Å². The van der Waals surface area contributed by atoms with Gasteiger partial charge in [0.15, 0.2) is 0 Å². The molecule has 8 atom stereocenters. The van der Waals surface area contributed by atoms with E-state index in [1.54, 1.807) is 24.9 Å². The minimum Gasteiger partial charge on any atom is -0.381 e. The number of halogens is 2. The molecule has 0 radical (unpaired) electrons. The van der Waals surface area contributed by atoms with Crippen LogP contribution in [0.3, 0.4) is 0 Å². The number of methoxy groups -OCH3 is 1. The number of fused-ring (bicyclic) bond motifs is 2. The van der Waals surface area contributed by atoms with E-state index in [1.807, 2.05) is 37.3 Å². The summed E-state index contributed by atoms with van der Waals surface area (Å²) in [5.41, 5.74) is 3.24. The number of allylic oxidation sites excluding steroid dienone is 1. The summed E-state index contributed by atoms with van der Waals surface area (Å²) in [6, 6.07) is 9.48. The summed E-state index contributed by atoms with van der Waals surface area (Å²) in [5.74, 6) is 1.22. The van der Waals surface area contributed by atoms with Crippen molar-refractivity contribution in [1.82, 2.24) is 4.72 Å². The van der Waals surface area contributed by atoms with Crippen LogP contribution >= 0.6 is 23.4 Å². The van der Waals surface area contributed by atoms with Crippen molar-refractivity contribution >= 4 is 45.9 Å². The van der Waals surface area contributed by atoms with Crippen molar-refractivity contribution in [3.05, 3.63) is 70.5 Å². The van der Waals surface area contributed by atoms with Gasteiger partial charge in [0.2, 0.25) is 0 Å². The number of nitrogens with one attached hydrogen (secondary N) is 1. The number of ether oxygens (including phenoxy) is 1. The molecule has 0 aromatic heterocycles. The molecule has 1 fully saturated rings. The summed E-state index contributed by atoms with van der Waals surface area (Å²) in [5, 5.41) is -0.0825. The van der Waals surface area contributed by atoms with E-state index in [4.69, 9.17) is 16.3 Å². The molecule has 5 rings (SSSR count). The highest BCUT2D eigenvalue weighted by Crippen LogP contribution is 2.46. The van der Waals surface area contributed by atoms with Crippen molar-refractivity contribution in [3.8, 4) is 0 Å². The zero-order valence-electron chi connectivity index (χ0n) is 25.6. The molecular weight excluding hydrogens is 603 g/mol. The van der Waals surface area contributed by atoms with Gasteiger partial charge in [-0.25, -0.2) is 8.60 Å². The van der Waals surface area contributed by atoms with Crippen LogP contribution < -0.4 is 9.62 Å². The molecular formula is C34H44ClFN2O3S2. The molecule has 43 heavy (non-hydrogen) atoms. The molecule has 2 heterocycles. The van der Waals surface area contributed by atoms with Crippen molar-refractivity contribution in [2.75, 3.05) is 30.9 Å². The number of carbonyl (C=O) groups is 1. The van der Waals surface area contributed by atoms with Gasteiger partial charge in [-0.2, -0.15) is 0 Å². The van der Waals surface area contributed by atoms with E-state index in [9.17, 15) is 9.00 Å². The topological polar surface area (TPSA) is 58.6 Å². The minimum atomic E-state index is -1.56. The average molecular weight is 647 g/mol. The van der Waals surface area contributed by atoms with Crippen LogP contribution in [0.4, 0.5) is 10.1 Å². The Morgan fingerprint density at radius 2 is 2.02 bits per heavy atom. The van der Waals surface area contributed by atoms with Crippen molar-refractivity contribution in [2.24, 2.45) is 23.7 Å². The lowest BCUT2D eigenvalue weighted by Gasteiger charge is -2.45. The third-order valence-electron chi connectivity index (χ3n) is 10.1. The fraction of sp³-hybridized carbons (Fsp3) is 0.559. The fourth-order valence-electron chi connectivity index (χ4n) is 7.11. The van der Waals surface area contributed by atoms with Gasteiger partial charge in [-0.05, 0) is 91.7 Å². The summed E-state index contributed by atoms with van der Waals surface area (Å²) in [7, 11) is 0.238. The Kier molecular flexibility index (Phi) is 10.6. The van der Waals surface area contributed by atoms with Crippen molar-refractivity contribution in [3.63, 3.8) is 0 Å². The highest BCUT2D eigenvalue weighted by atomic mass is 35.5. The maximum atomic E-state index is 15.3. The Morgan fingerprint density at radius 3 is 2.70 bits per heavy atom. The number of rotatable bonds is 5. The van der Waals surface area contributed by atoms with Crippen LogP contribution in [0.25, 0.3) is 0 Å². The number of nitrogens with zero attached hydrogens (tertiary/aromatic N) is 1. The highest BCUT2D eigenvalue weighted by molar-refractivity contribution is 7.99. The van der Waals surface area contributed by atoms with Crippen molar-refractivity contribution in [1.29, 1.82) is 0 Å². The van der Waals surface area contributed by atoms with Gasteiger partial charge in [0.25, 0.3) is 5.91 Å².